The zero-order chi connectivity index (χ0) is 25.8. The predicted octanol–water partition coefficient (Wildman–Crippen LogP) is 8.57. The van der Waals surface area contributed by atoms with Crippen molar-refractivity contribution in [3.05, 3.63) is 35.7 Å². The monoisotopic (exact) mass is 486 g/mol. The van der Waals surface area contributed by atoms with Gasteiger partial charge in [-0.1, -0.05) is 103 Å². The number of nitrogens with zero attached hydrogens (tertiary/aromatic N) is 1. The minimum atomic E-state index is -0.431. The minimum absolute atomic E-state index is 0.171. The highest BCUT2D eigenvalue weighted by atomic mass is 16.6. The molecule has 0 spiro atoms. The molecule has 1 aromatic heterocycles. The lowest BCUT2D eigenvalue weighted by molar-refractivity contribution is -0.154. The Bertz CT molecular complexity index is 694. The third kappa shape index (κ3) is 17.4. The van der Waals surface area contributed by atoms with E-state index in [1.54, 1.807) is 0 Å². The molecule has 1 aromatic rings. The molecule has 0 radical (unpaired) electrons. The zero-order valence-electron chi connectivity index (χ0n) is 23.4. The van der Waals surface area contributed by atoms with Crippen LogP contribution in [0, 0.1) is 0 Å². The number of carbonyl (C=O) groups excluding carboxylic acids is 1. The van der Waals surface area contributed by atoms with Gasteiger partial charge in [-0.25, -0.2) is 0 Å². The van der Waals surface area contributed by atoms with E-state index < -0.39 is 5.60 Å². The fraction of sp³-hybridized carbons (Fsp3) is 0.742. The van der Waals surface area contributed by atoms with Crippen LogP contribution in [0.4, 0.5) is 0 Å². The Morgan fingerprint density at radius 1 is 0.914 bits per heavy atom. The van der Waals surface area contributed by atoms with Crippen molar-refractivity contribution >= 4 is 12.0 Å². The second-order valence-corrected chi connectivity index (χ2v) is 10.9. The fourth-order valence-electron chi connectivity index (χ4n) is 4.32. The van der Waals surface area contributed by atoms with Crippen molar-refractivity contribution in [2.75, 3.05) is 6.54 Å². The van der Waals surface area contributed by atoms with Gasteiger partial charge in [0.25, 0.3) is 0 Å². The van der Waals surface area contributed by atoms with Gasteiger partial charge < -0.3 is 10.1 Å². The highest BCUT2D eigenvalue weighted by Crippen LogP contribution is 2.15. The van der Waals surface area contributed by atoms with E-state index in [1.807, 2.05) is 26.8 Å². The van der Waals surface area contributed by atoms with E-state index in [9.17, 15) is 4.79 Å². The molecule has 0 atom stereocenters. The molecule has 1 N–H and O–H groups in total. The predicted molar refractivity (Wildman–Crippen MR) is 151 cm³/mol. The molecule has 0 bridgehead atoms. The van der Waals surface area contributed by atoms with Gasteiger partial charge in [0, 0.05) is 18.8 Å². The number of esters is 1. The molecular weight excluding hydrogens is 432 g/mol. The van der Waals surface area contributed by atoms with E-state index in [1.165, 1.54) is 89.9 Å². The summed E-state index contributed by atoms with van der Waals surface area (Å²) in [5.41, 5.74) is 2.78. The first-order chi connectivity index (χ1) is 16.9. The third-order valence-electron chi connectivity index (χ3n) is 6.29. The Morgan fingerprint density at radius 3 is 1.97 bits per heavy atom. The van der Waals surface area contributed by atoms with Crippen LogP contribution in [0.25, 0.3) is 6.08 Å². The van der Waals surface area contributed by atoms with Crippen LogP contribution in [0.2, 0.25) is 0 Å². The number of carbonyl (C=O) groups is 1. The number of unbranched alkanes of at least 4 members (excludes halogenated alkanes) is 13. The maximum atomic E-state index is 11.8. The molecule has 200 valence electrons. The highest BCUT2D eigenvalue weighted by molar-refractivity contribution is 5.70. The normalized spacial score (nSPS) is 11.5. The van der Waals surface area contributed by atoms with Gasteiger partial charge in [-0.3, -0.25) is 9.78 Å². The van der Waals surface area contributed by atoms with Crippen molar-refractivity contribution in [2.24, 2.45) is 0 Å². The van der Waals surface area contributed by atoms with Crippen molar-refractivity contribution in [2.45, 2.75) is 143 Å². The second-order valence-electron chi connectivity index (χ2n) is 10.9. The lowest BCUT2D eigenvalue weighted by atomic mass is 10.0. The molecule has 0 aromatic carbocycles. The van der Waals surface area contributed by atoms with Crippen molar-refractivity contribution in [3.63, 3.8) is 0 Å². The molecule has 0 unspecified atom stereocenters. The summed E-state index contributed by atoms with van der Waals surface area (Å²) in [5, 5.41) is 3.32. The molecule has 35 heavy (non-hydrogen) atoms. The van der Waals surface area contributed by atoms with E-state index >= 15 is 0 Å². The van der Waals surface area contributed by atoms with Gasteiger partial charge >= 0.3 is 5.97 Å². The van der Waals surface area contributed by atoms with Crippen molar-refractivity contribution in [1.82, 2.24) is 10.3 Å². The largest absolute Gasteiger partial charge is 0.460 e. The standard InChI is InChI=1S/C31H54N2O2/c1-6-8-9-10-11-12-13-14-15-16-17-18-19-20-21-28-23-22-27(29(7-2)33-28)26-32-25-24-30(34)35-31(3,4)5/h7,22-23,32H,2,6,8-21,24-26H2,1,3-5H3. The molecular formula is C31H54N2O2. The van der Waals surface area contributed by atoms with Gasteiger partial charge in [0.2, 0.25) is 0 Å². The maximum absolute atomic E-state index is 11.8. The van der Waals surface area contributed by atoms with Crippen molar-refractivity contribution in [3.8, 4) is 0 Å². The average molecular weight is 487 g/mol. The molecule has 0 saturated carbocycles. The van der Waals surface area contributed by atoms with Gasteiger partial charge in [-0.05, 0) is 51.3 Å². The number of nitrogens with one attached hydrogen (secondary N) is 1. The molecule has 0 fully saturated rings. The molecule has 0 aliphatic heterocycles. The quantitative estimate of drug-likeness (QED) is 0.140. The summed E-state index contributed by atoms with van der Waals surface area (Å²) in [4.78, 5) is 16.6. The molecule has 1 heterocycles. The Labute approximate surface area is 216 Å². The van der Waals surface area contributed by atoms with Crippen molar-refractivity contribution < 1.29 is 9.53 Å². The number of rotatable bonds is 21. The van der Waals surface area contributed by atoms with Crippen LogP contribution in [0.1, 0.15) is 141 Å². The van der Waals surface area contributed by atoms with Gasteiger partial charge in [0.1, 0.15) is 5.60 Å². The molecule has 0 saturated heterocycles. The molecule has 1 rings (SSSR count). The third-order valence-corrected chi connectivity index (χ3v) is 6.29. The van der Waals surface area contributed by atoms with Crippen LogP contribution < -0.4 is 5.32 Å². The van der Waals surface area contributed by atoms with E-state index in [0.29, 0.717) is 19.5 Å². The van der Waals surface area contributed by atoms with Gasteiger partial charge in [0.05, 0.1) is 12.1 Å². The van der Waals surface area contributed by atoms with Crippen LogP contribution in [-0.4, -0.2) is 23.1 Å². The Hall–Kier alpha value is -1.68. The first kappa shape index (κ1) is 31.4. The summed E-state index contributed by atoms with van der Waals surface area (Å²) in [6.07, 6.45) is 22.6. The van der Waals surface area contributed by atoms with Crippen molar-refractivity contribution in [1.29, 1.82) is 0 Å². The minimum Gasteiger partial charge on any atom is -0.460 e. The van der Waals surface area contributed by atoms with E-state index in [4.69, 9.17) is 9.72 Å². The number of aromatic nitrogens is 1. The van der Waals surface area contributed by atoms with Gasteiger partial charge in [-0.15, -0.1) is 0 Å². The molecule has 0 amide bonds. The van der Waals surface area contributed by atoms with Crippen LogP contribution in [0.3, 0.4) is 0 Å². The number of hydrogen-bond acceptors (Lipinski definition) is 4. The average Bonchev–Trinajstić information content (AvgIpc) is 2.81. The number of aryl methyl sites for hydroxylation is 1. The summed E-state index contributed by atoms with van der Waals surface area (Å²) in [6, 6.07) is 4.28. The summed E-state index contributed by atoms with van der Waals surface area (Å²) >= 11 is 0. The molecule has 4 nitrogen and oxygen atoms in total. The Balaban J connectivity index is 2.11. The van der Waals surface area contributed by atoms with E-state index in [0.717, 1.165) is 23.4 Å². The van der Waals surface area contributed by atoms with Crippen LogP contribution in [-0.2, 0) is 22.5 Å². The summed E-state index contributed by atoms with van der Waals surface area (Å²) in [6.45, 7) is 13.2. The number of pyridine rings is 1. The summed E-state index contributed by atoms with van der Waals surface area (Å²) in [7, 11) is 0. The first-order valence-electron chi connectivity index (χ1n) is 14.4. The van der Waals surface area contributed by atoms with Gasteiger partial charge in [0.15, 0.2) is 0 Å². The summed E-state index contributed by atoms with van der Waals surface area (Å²) in [5.74, 6) is -0.171. The van der Waals surface area contributed by atoms with Crippen LogP contribution in [0.15, 0.2) is 18.7 Å². The van der Waals surface area contributed by atoms with Gasteiger partial charge in [-0.2, -0.15) is 0 Å². The maximum Gasteiger partial charge on any atom is 0.307 e. The Morgan fingerprint density at radius 2 is 1.46 bits per heavy atom. The lowest BCUT2D eigenvalue weighted by Gasteiger charge is -2.19. The second kappa shape index (κ2) is 19.5. The van der Waals surface area contributed by atoms with E-state index in [2.05, 4.69) is 31.0 Å². The van der Waals surface area contributed by atoms with E-state index in [-0.39, 0.29) is 5.97 Å². The first-order valence-corrected chi connectivity index (χ1v) is 14.4. The highest BCUT2D eigenvalue weighted by Gasteiger charge is 2.15. The molecule has 0 aliphatic carbocycles. The molecule has 4 heteroatoms. The topological polar surface area (TPSA) is 51.2 Å². The number of hydrogen-bond donors (Lipinski definition) is 1. The zero-order valence-corrected chi connectivity index (χ0v) is 23.4. The summed E-state index contributed by atoms with van der Waals surface area (Å²) < 4.78 is 5.34. The fourth-order valence-corrected chi connectivity index (χ4v) is 4.32. The smallest absolute Gasteiger partial charge is 0.307 e. The number of ether oxygens (including phenoxy) is 1. The molecule has 0 aliphatic rings. The Kier molecular flexibility index (Phi) is 17.5. The van der Waals surface area contributed by atoms with Crippen LogP contribution >= 0.6 is 0 Å². The van der Waals surface area contributed by atoms with Crippen LogP contribution in [0.5, 0.6) is 0 Å². The SMILES string of the molecule is C=Cc1nc(CCCCCCCCCCCCCCCC)ccc1CNCCC(=O)OC(C)(C)C. The lowest BCUT2D eigenvalue weighted by Crippen LogP contribution is -2.26.